The molecule has 17 heavy (non-hydrogen) atoms. The largest absolute Gasteiger partial charge is 0.481 e. The van der Waals surface area contributed by atoms with Gasteiger partial charge in [0.05, 0.1) is 19.2 Å². The Morgan fingerprint density at radius 2 is 2.24 bits per heavy atom. The maximum atomic E-state index is 11.0. The van der Waals surface area contributed by atoms with Crippen LogP contribution in [0.1, 0.15) is 36.9 Å². The first-order valence-electron chi connectivity index (χ1n) is 5.80. The number of aromatic nitrogens is 2. The molecule has 0 radical (unpaired) electrons. The third kappa shape index (κ3) is 1.79. The smallest absolute Gasteiger partial charge is 0.304 e. The molecule has 0 saturated heterocycles. The van der Waals surface area contributed by atoms with Gasteiger partial charge in [-0.15, -0.1) is 0 Å². The number of nitrogens with zero attached hydrogens (tertiary/aromatic N) is 2. The van der Waals surface area contributed by atoms with Crippen LogP contribution in [0.5, 0.6) is 5.88 Å². The van der Waals surface area contributed by atoms with Gasteiger partial charge in [-0.2, -0.15) is 5.10 Å². The van der Waals surface area contributed by atoms with Crippen LogP contribution in [0.15, 0.2) is 0 Å². The van der Waals surface area contributed by atoms with E-state index in [1.54, 1.807) is 11.8 Å². The van der Waals surface area contributed by atoms with Gasteiger partial charge < -0.3 is 9.84 Å². The molecule has 0 unspecified atom stereocenters. The monoisotopic (exact) mass is 238 g/mol. The number of carbonyl (C=O) groups is 1. The molecule has 5 nitrogen and oxygen atoms in total. The van der Waals surface area contributed by atoms with Gasteiger partial charge in [0, 0.05) is 18.0 Å². The molecule has 1 aliphatic rings. The second kappa shape index (κ2) is 4.05. The summed E-state index contributed by atoms with van der Waals surface area (Å²) in [5, 5.41) is 13.4. The van der Waals surface area contributed by atoms with E-state index in [-0.39, 0.29) is 11.8 Å². The molecule has 1 fully saturated rings. The SMILES string of the molecule is COc1c(C2(CC(=O)O)CCC2)c(C)nn1C. The Balaban J connectivity index is 2.47. The molecule has 2 rings (SSSR count). The fraction of sp³-hybridized carbons (Fsp3) is 0.667. The van der Waals surface area contributed by atoms with Crippen LogP contribution in [0.2, 0.25) is 0 Å². The predicted octanol–water partition coefficient (Wildman–Crippen LogP) is 1.63. The lowest BCUT2D eigenvalue weighted by molar-refractivity contribution is -0.139. The average molecular weight is 238 g/mol. The maximum absolute atomic E-state index is 11.0. The summed E-state index contributed by atoms with van der Waals surface area (Å²) >= 11 is 0. The van der Waals surface area contributed by atoms with Crippen molar-refractivity contribution in [3.63, 3.8) is 0 Å². The molecule has 0 spiro atoms. The lowest BCUT2D eigenvalue weighted by Crippen LogP contribution is -2.37. The molecule has 0 aromatic carbocycles. The van der Waals surface area contributed by atoms with Gasteiger partial charge in [-0.3, -0.25) is 4.79 Å². The zero-order chi connectivity index (χ0) is 12.6. The number of hydrogen-bond acceptors (Lipinski definition) is 3. The zero-order valence-electron chi connectivity index (χ0n) is 10.5. The van der Waals surface area contributed by atoms with Crippen LogP contribution in [0.3, 0.4) is 0 Å². The predicted molar refractivity (Wildman–Crippen MR) is 62.3 cm³/mol. The average Bonchev–Trinajstić information content (AvgIpc) is 2.47. The normalized spacial score (nSPS) is 17.6. The molecule has 0 bridgehead atoms. The molecule has 1 aliphatic carbocycles. The highest BCUT2D eigenvalue weighted by Gasteiger charge is 2.45. The molecule has 5 heteroatoms. The van der Waals surface area contributed by atoms with Crippen molar-refractivity contribution in [2.75, 3.05) is 7.11 Å². The summed E-state index contributed by atoms with van der Waals surface area (Å²) in [6.07, 6.45) is 3.05. The van der Waals surface area contributed by atoms with Gasteiger partial charge in [0.2, 0.25) is 5.88 Å². The minimum absolute atomic E-state index is 0.163. The van der Waals surface area contributed by atoms with E-state index < -0.39 is 5.97 Å². The fourth-order valence-corrected chi connectivity index (χ4v) is 2.89. The molecule has 1 saturated carbocycles. The Bertz CT molecular complexity index is 447. The van der Waals surface area contributed by atoms with E-state index >= 15 is 0 Å². The highest BCUT2D eigenvalue weighted by molar-refractivity contribution is 5.70. The third-order valence-corrected chi connectivity index (χ3v) is 3.69. The fourth-order valence-electron chi connectivity index (χ4n) is 2.89. The Hall–Kier alpha value is -1.52. The Labute approximate surface area is 100 Å². The molecule has 1 N–H and O–H groups in total. The number of rotatable bonds is 4. The van der Waals surface area contributed by atoms with Crippen LogP contribution >= 0.6 is 0 Å². The lowest BCUT2D eigenvalue weighted by atomic mass is 9.62. The van der Waals surface area contributed by atoms with Crippen LogP contribution < -0.4 is 4.74 Å². The molecule has 0 aliphatic heterocycles. The topological polar surface area (TPSA) is 64.3 Å². The van der Waals surface area contributed by atoms with E-state index in [9.17, 15) is 4.79 Å². The van der Waals surface area contributed by atoms with Crippen LogP contribution in [-0.4, -0.2) is 28.0 Å². The summed E-state index contributed by atoms with van der Waals surface area (Å²) in [5.74, 6) is -0.0570. The molecule has 0 atom stereocenters. The Morgan fingerprint density at radius 1 is 1.59 bits per heavy atom. The molecule has 1 heterocycles. The standard InChI is InChI=1S/C12H18N2O3/c1-8-10(11(17-3)14(2)13-8)12(5-4-6-12)7-9(15)16/h4-7H2,1-3H3,(H,15,16). The second-order valence-electron chi connectivity index (χ2n) is 4.80. The first kappa shape index (κ1) is 12.0. The molecular weight excluding hydrogens is 220 g/mol. The zero-order valence-corrected chi connectivity index (χ0v) is 10.5. The number of ether oxygens (including phenoxy) is 1. The Kier molecular flexibility index (Phi) is 2.85. The maximum Gasteiger partial charge on any atom is 0.304 e. The van der Waals surface area contributed by atoms with E-state index in [2.05, 4.69) is 5.10 Å². The first-order chi connectivity index (χ1) is 8.00. The quantitative estimate of drug-likeness (QED) is 0.866. The summed E-state index contributed by atoms with van der Waals surface area (Å²) in [4.78, 5) is 11.0. The van der Waals surface area contributed by atoms with Gasteiger partial charge >= 0.3 is 5.97 Å². The van der Waals surface area contributed by atoms with Gasteiger partial charge in [-0.05, 0) is 19.8 Å². The number of aryl methyl sites for hydroxylation is 2. The number of carboxylic acids is 1. The van der Waals surface area contributed by atoms with Crippen molar-refractivity contribution in [1.29, 1.82) is 0 Å². The van der Waals surface area contributed by atoms with E-state index in [0.717, 1.165) is 30.5 Å². The second-order valence-corrected chi connectivity index (χ2v) is 4.80. The third-order valence-electron chi connectivity index (χ3n) is 3.69. The number of methoxy groups -OCH3 is 1. The van der Waals surface area contributed by atoms with E-state index in [1.165, 1.54) is 0 Å². The van der Waals surface area contributed by atoms with Crippen LogP contribution in [-0.2, 0) is 17.3 Å². The Morgan fingerprint density at radius 3 is 2.65 bits per heavy atom. The van der Waals surface area contributed by atoms with E-state index in [1.807, 2.05) is 14.0 Å². The molecule has 94 valence electrons. The van der Waals surface area contributed by atoms with Gasteiger partial charge in [-0.1, -0.05) is 6.42 Å². The highest BCUT2D eigenvalue weighted by Crippen LogP contribution is 2.50. The van der Waals surface area contributed by atoms with Crippen LogP contribution in [0, 0.1) is 6.92 Å². The lowest BCUT2D eigenvalue weighted by Gasteiger charge is -2.41. The molecule has 1 aromatic rings. The van der Waals surface area contributed by atoms with Crippen molar-refractivity contribution < 1.29 is 14.6 Å². The van der Waals surface area contributed by atoms with Crippen LogP contribution in [0.25, 0.3) is 0 Å². The van der Waals surface area contributed by atoms with Gasteiger partial charge in [0.1, 0.15) is 0 Å². The molecule has 0 amide bonds. The summed E-state index contributed by atoms with van der Waals surface area (Å²) in [6.45, 7) is 1.92. The van der Waals surface area contributed by atoms with Crippen molar-refractivity contribution in [3.8, 4) is 5.88 Å². The highest BCUT2D eigenvalue weighted by atomic mass is 16.5. The number of aliphatic carboxylic acids is 1. The van der Waals surface area contributed by atoms with E-state index in [4.69, 9.17) is 9.84 Å². The first-order valence-corrected chi connectivity index (χ1v) is 5.80. The van der Waals surface area contributed by atoms with Crippen molar-refractivity contribution >= 4 is 5.97 Å². The summed E-state index contributed by atoms with van der Waals surface area (Å²) < 4.78 is 7.06. The minimum atomic E-state index is -0.755. The van der Waals surface area contributed by atoms with Gasteiger partial charge in [-0.25, -0.2) is 4.68 Å². The summed E-state index contributed by atoms with van der Waals surface area (Å²) in [7, 11) is 3.43. The van der Waals surface area contributed by atoms with Crippen molar-refractivity contribution in [2.24, 2.45) is 7.05 Å². The minimum Gasteiger partial charge on any atom is -0.481 e. The number of hydrogen-bond donors (Lipinski definition) is 1. The molecular formula is C12H18N2O3. The van der Waals surface area contributed by atoms with Gasteiger partial charge in [0.25, 0.3) is 0 Å². The van der Waals surface area contributed by atoms with Crippen LogP contribution in [0.4, 0.5) is 0 Å². The van der Waals surface area contributed by atoms with Crippen molar-refractivity contribution in [1.82, 2.24) is 9.78 Å². The summed E-state index contributed by atoms with van der Waals surface area (Å²) in [6, 6.07) is 0. The van der Waals surface area contributed by atoms with Gasteiger partial charge in [0.15, 0.2) is 0 Å². The van der Waals surface area contributed by atoms with Crippen molar-refractivity contribution in [2.45, 2.75) is 38.0 Å². The van der Waals surface area contributed by atoms with E-state index in [0.29, 0.717) is 5.88 Å². The number of carboxylic acid groups (broad SMARTS) is 1. The van der Waals surface area contributed by atoms with Crippen molar-refractivity contribution in [3.05, 3.63) is 11.3 Å². The summed E-state index contributed by atoms with van der Waals surface area (Å²) in [5.41, 5.74) is 1.59. The molecule has 1 aromatic heterocycles.